The van der Waals surface area contributed by atoms with E-state index in [1.54, 1.807) is 42.5 Å². The summed E-state index contributed by atoms with van der Waals surface area (Å²) in [6.07, 6.45) is 2.94. The van der Waals surface area contributed by atoms with Gasteiger partial charge in [-0.2, -0.15) is 5.26 Å². The monoisotopic (exact) mass is 336 g/mol. The van der Waals surface area contributed by atoms with Crippen molar-refractivity contribution in [3.63, 3.8) is 0 Å². The molecule has 0 unspecified atom stereocenters. The number of anilines is 1. The van der Waals surface area contributed by atoms with Gasteiger partial charge < -0.3 is 9.64 Å². The predicted octanol–water partition coefficient (Wildman–Crippen LogP) is 3.43. The third-order valence-corrected chi connectivity index (χ3v) is 4.03. The second-order valence-corrected chi connectivity index (χ2v) is 5.67. The number of ketones is 1. The van der Waals surface area contributed by atoms with Gasteiger partial charge in [0.05, 0.1) is 36.1 Å². The van der Waals surface area contributed by atoms with Gasteiger partial charge in [-0.1, -0.05) is 24.3 Å². The number of nitrogens with zero attached hydrogens (tertiary/aromatic N) is 2. The molecule has 2 aromatic carbocycles. The van der Waals surface area contributed by atoms with Crippen molar-refractivity contribution in [3.8, 4) is 6.07 Å². The van der Waals surface area contributed by atoms with Crippen LogP contribution < -0.4 is 4.90 Å². The Hall–Kier alpha value is -2.97. The van der Waals surface area contributed by atoms with Crippen LogP contribution in [0.5, 0.6) is 0 Å². The Kier molecular flexibility index (Phi) is 5.22. The average molecular weight is 336 g/mol. The van der Waals surface area contributed by atoms with Gasteiger partial charge in [0.15, 0.2) is 5.78 Å². The molecule has 0 amide bonds. The van der Waals surface area contributed by atoms with Crippen LogP contribution in [-0.4, -0.2) is 32.1 Å². The van der Waals surface area contributed by atoms with Crippen molar-refractivity contribution in [2.45, 2.75) is 0 Å². The van der Waals surface area contributed by atoms with Crippen molar-refractivity contribution in [2.24, 2.45) is 0 Å². The highest BCUT2D eigenvalue weighted by atomic mass is 19.1. The second kappa shape index (κ2) is 7.73. The van der Waals surface area contributed by atoms with Crippen molar-refractivity contribution in [2.75, 3.05) is 31.2 Å². The smallest absolute Gasteiger partial charge is 0.190 e. The predicted molar refractivity (Wildman–Crippen MR) is 94.0 cm³/mol. The van der Waals surface area contributed by atoms with Crippen LogP contribution in [0.2, 0.25) is 0 Å². The molecule has 126 valence electrons. The van der Waals surface area contributed by atoms with Crippen LogP contribution >= 0.6 is 0 Å². The lowest BCUT2D eigenvalue weighted by molar-refractivity contribution is 0.104. The number of hydrogen-bond acceptors (Lipinski definition) is 4. The zero-order chi connectivity index (χ0) is 17.6. The van der Waals surface area contributed by atoms with Crippen LogP contribution in [0.1, 0.15) is 21.5 Å². The summed E-state index contributed by atoms with van der Waals surface area (Å²) in [5.41, 5.74) is 1.88. The van der Waals surface area contributed by atoms with Crippen molar-refractivity contribution in [1.29, 1.82) is 5.26 Å². The Morgan fingerprint density at radius 1 is 1.20 bits per heavy atom. The maximum Gasteiger partial charge on any atom is 0.190 e. The molecule has 25 heavy (non-hydrogen) atoms. The summed E-state index contributed by atoms with van der Waals surface area (Å²) in [5, 5.41) is 8.93. The molecule has 0 radical (unpaired) electrons. The Morgan fingerprint density at radius 2 is 1.96 bits per heavy atom. The largest absolute Gasteiger partial charge is 0.378 e. The molecule has 1 heterocycles. The summed E-state index contributed by atoms with van der Waals surface area (Å²) in [6.45, 7) is 2.36. The average Bonchev–Trinajstić information content (AvgIpc) is 2.66. The van der Waals surface area contributed by atoms with Gasteiger partial charge in [-0.05, 0) is 35.9 Å². The van der Waals surface area contributed by atoms with Gasteiger partial charge in [-0.25, -0.2) is 4.39 Å². The summed E-state index contributed by atoms with van der Waals surface area (Å²) in [7, 11) is 0. The van der Waals surface area contributed by atoms with Crippen LogP contribution in [0.15, 0.2) is 48.5 Å². The van der Waals surface area contributed by atoms with Crippen molar-refractivity contribution in [3.05, 3.63) is 71.0 Å². The molecule has 1 saturated heterocycles. The Morgan fingerprint density at radius 3 is 2.72 bits per heavy atom. The topological polar surface area (TPSA) is 53.3 Å². The van der Waals surface area contributed by atoms with E-state index < -0.39 is 11.6 Å². The highest BCUT2D eigenvalue weighted by Gasteiger charge is 2.20. The molecule has 1 aliphatic rings. The summed E-state index contributed by atoms with van der Waals surface area (Å²) in [6, 6.07) is 13.6. The molecule has 0 aliphatic carbocycles. The number of carbonyl (C=O) groups excluding carboxylic acids is 1. The highest BCUT2D eigenvalue weighted by molar-refractivity contribution is 6.10. The molecular formula is C20H17FN2O2. The number of allylic oxidation sites excluding steroid dienone is 1. The van der Waals surface area contributed by atoms with Crippen molar-refractivity contribution in [1.82, 2.24) is 0 Å². The summed E-state index contributed by atoms with van der Waals surface area (Å²) in [4.78, 5) is 14.6. The first-order valence-corrected chi connectivity index (χ1v) is 8.03. The Labute approximate surface area is 145 Å². The van der Waals surface area contributed by atoms with Crippen LogP contribution in [0, 0.1) is 17.1 Å². The van der Waals surface area contributed by atoms with Gasteiger partial charge in [0.1, 0.15) is 5.82 Å². The van der Waals surface area contributed by atoms with Gasteiger partial charge in [-0.15, -0.1) is 0 Å². The molecule has 1 aliphatic heterocycles. The molecule has 4 nitrogen and oxygen atoms in total. The van der Waals surface area contributed by atoms with E-state index in [2.05, 4.69) is 6.07 Å². The minimum absolute atomic E-state index is 0.0667. The second-order valence-electron chi connectivity index (χ2n) is 5.67. The lowest BCUT2D eigenvalue weighted by atomic mass is 10.0. The maximum absolute atomic E-state index is 14.3. The lowest BCUT2D eigenvalue weighted by Crippen LogP contribution is -2.37. The third-order valence-electron chi connectivity index (χ3n) is 4.03. The molecule has 0 saturated carbocycles. The summed E-state index contributed by atoms with van der Waals surface area (Å²) in [5.74, 6) is -0.939. The molecule has 0 spiro atoms. The van der Waals surface area contributed by atoms with E-state index in [1.807, 2.05) is 4.90 Å². The quantitative estimate of drug-likeness (QED) is 0.634. The van der Waals surface area contributed by atoms with E-state index in [0.29, 0.717) is 37.6 Å². The van der Waals surface area contributed by atoms with E-state index in [-0.39, 0.29) is 5.56 Å². The number of carbonyl (C=O) groups is 1. The van der Waals surface area contributed by atoms with Crippen molar-refractivity contribution >= 4 is 17.5 Å². The van der Waals surface area contributed by atoms with E-state index in [1.165, 1.54) is 12.1 Å². The Bertz CT molecular complexity index is 849. The van der Waals surface area contributed by atoms with Gasteiger partial charge in [0.25, 0.3) is 0 Å². The fourth-order valence-electron chi connectivity index (χ4n) is 2.79. The number of hydrogen-bond donors (Lipinski definition) is 0. The number of rotatable bonds is 4. The van der Waals surface area contributed by atoms with Gasteiger partial charge in [0, 0.05) is 13.1 Å². The lowest BCUT2D eigenvalue weighted by Gasteiger charge is -2.30. The molecule has 1 fully saturated rings. The SMILES string of the molecule is N#Cc1cccc(/C=C/C(=O)c2c(F)cccc2N2CCOCC2)c1. The van der Waals surface area contributed by atoms with Crippen LogP contribution in [0.25, 0.3) is 6.08 Å². The molecule has 0 bridgehead atoms. The van der Waals surface area contributed by atoms with Crippen LogP contribution in [-0.2, 0) is 4.74 Å². The third kappa shape index (κ3) is 3.93. The normalized spacial score (nSPS) is 14.5. The summed E-state index contributed by atoms with van der Waals surface area (Å²) >= 11 is 0. The van der Waals surface area contributed by atoms with Gasteiger partial charge in [-0.3, -0.25) is 4.79 Å². The number of morpholine rings is 1. The van der Waals surface area contributed by atoms with Crippen molar-refractivity contribution < 1.29 is 13.9 Å². The minimum Gasteiger partial charge on any atom is -0.378 e. The van der Waals surface area contributed by atoms with Crippen LogP contribution in [0.3, 0.4) is 0 Å². The minimum atomic E-state index is -0.538. The molecule has 5 heteroatoms. The molecule has 0 aromatic heterocycles. The molecular weight excluding hydrogens is 319 g/mol. The fourth-order valence-corrected chi connectivity index (χ4v) is 2.79. The number of benzene rings is 2. The maximum atomic E-state index is 14.3. The first kappa shape index (κ1) is 16.9. The number of halogens is 1. The van der Waals surface area contributed by atoms with Gasteiger partial charge >= 0.3 is 0 Å². The first-order valence-electron chi connectivity index (χ1n) is 8.03. The fraction of sp³-hybridized carbons (Fsp3) is 0.200. The molecule has 2 aromatic rings. The van der Waals surface area contributed by atoms with E-state index >= 15 is 0 Å². The Balaban J connectivity index is 1.88. The highest BCUT2D eigenvalue weighted by Crippen LogP contribution is 2.25. The zero-order valence-electron chi connectivity index (χ0n) is 13.6. The zero-order valence-corrected chi connectivity index (χ0v) is 13.6. The first-order chi connectivity index (χ1) is 12.2. The molecule has 0 N–H and O–H groups in total. The summed E-state index contributed by atoms with van der Waals surface area (Å²) < 4.78 is 19.7. The van der Waals surface area contributed by atoms with E-state index in [9.17, 15) is 9.18 Å². The molecule has 0 atom stereocenters. The number of ether oxygens (including phenoxy) is 1. The van der Waals surface area contributed by atoms with Gasteiger partial charge in [0.2, 0.25) is 0 Å². The standard InChI is InChI=1S/C20H17FN2O2/c21-17-5-2-6-18(23-9-11-25-12-10-23)20(17)19(24)8-7-15-3-1-4-16(13-15)14-22/h1-8,13H,9-12H2/b8-7+. The van der Waals surface area contributed by atoms with E-state index in [0.717, 1.165) is 5.56 Å². The number of nitriles is 1. The van der Waals surface area contributed by atoms with E-state index in [4.69, 9.17) is 10.00 Å². The van der Waals surface area contributed by atoms with Crippen LogP contribution in [0.4, 0.5) is 10.1 Å². The molecule has 3 rings (SSSR count).